The van der Waals surface area contributed by atoms with Crippen LogP contribution in [-0.4, -0.2) is 48.8 Å². The summed E-state index contributed by atoms with van der Waals surface area (Å²) in [6, 6.07) is 5.62. The van der Waals surface area contributed by atoms with Crippen LogP contribution < -0.4 is 11.1 Å². The topological polar surface area (TPSA) is 50.5 Å². The summed E-state index contributed by atoms with van der Waals surface area (Å²) < 4.78 is 5.75. The average molecular weight is 314 g/mol. The van der Waals surface area contributed by atoms with E-state index in [0.29, 0.717) is 15.6 Å². The summed E-state index contributed by atoms with van der Waals surface area (Å²) in [6.45, 7) is 6.77. The SMILES string of the molecule is CCN1CCOC(CNc2ccc(C(N)=S)c(Cl)c2)C1. The highest BCUT2D eigenvalue weighted by atomic mass is 35.5. The van der Waals surface area contributed by atoms with Crippen LogP contribution in [0.5, 0.6) is 0 Å². The third-order valence-electron chi connectivity index (χ3n) is 3.44. The van der Waals surface area contributed by atoms with Gasteiger partial charge in [0.25, 0.3) is 0 Å². The van der Waals surface area contributed by atoms with Crippen LogP contribution in [-0.2, 0) is 4.74 Å². The number of nitrogens with two attached hydrogens (primary N) is 1. The number of halogens is 1. The number of morpholine rings is 1. The highest BCUT2D eigenvalue weighted by molar-refractivity contribution is 7.80. The molecule has 1 atom stereocenters. The van der Waals surface area contributed by atoms with E-state index in [9.17, 15) is 0 Å². The minimum Gasteiger partial charge on any atom is -0.389 e. The standard InChI is InChI=1S/C14H20ClN3OS/c1-2-18-5-6-19-11(9-18)8-17-10-3-4-12(14(16)20)13(15)7-10/h3-4,7,11,17H,2,5-6,8-9H2,1H3,(H2,16,20). The van der Waals surface area contributed by atoms with Gasteiger partial charge in [-0.2, -0.15) is 0 Å². The van der Waals surface area contributed by atoms with E-state index in [0.717, 1.165) is 38.5 Å². The number of hydrogen-bond donors (Lipinski definition) is 2. The maximum atomic E-state index is 6.14. The zero-order valence-electron chi connectivity index (χ0n) is 11.6. The molecule has 1 aliphatic heterocycles. The van der Waals surface area contributed by atoms with Gasteiger partial charge in [0.1, 0.15) is 4.99 Å². The van der Waals surface area contributed by atoms with Crippen molar-refractivity contribution in [3.8, 4) is 0 Å². The van der Waals surface area contributed by atoms with Gasteiger partial charge in [0, 0.05) is 30.9 Å². The lowest BCUT2D eigenvalue weighted by Crippen LogP contribution is -2.45. The second-order valence-electron chi connectivity index (χ2n) is 4.83. The molecule has 1 heterocycles. The predicted molar refractivity (Wildman–Crippen MR) is 87.7 cm³/mol. The number of benzene rings is 1. The van der Waals surface area contributed by atoms with Crippen molar-refractivity contribution in [2.45, 2.75) is 13.0 Å². The molecule has 0 amide bonds. The number of likely N-dealkylation sites (N-methyl/N-ethyl adjacent to an activating group) is 1. The second-order valence-corrected chi connectivity index (χ2v) is 5.67. The molecule has 0 spiro atoms. The Hall–Kier alpha value is -0.880. The lowest BCUT2D eigenvalue weighted by Gasteiger charge is -2.32. The zero-order chi connectivity index (χ0) is 14.5. The van der Waals surface area contributed by atoms with Crippen molar-refractivity contribution < 1.29 is 4.74 Å². The molecule has 1 aromatic carbocycles. The van der Waals surface area contributed by atoms with E-state index in [2.05, 4.69) is 17.1 Å². The molecule has 0 bridgehead atoms. The van der Waals surface area contributed by atoms with Crippen LogP contribution in [0.25, 0.3) is 0 Å². The number of ether oxygens (including phenoxy) is 1. The molecule has 1 unspecified atom stereocenters. The van der Waals surface area contributed by atoms with Crippen LogP contribution in [0.2, 0.25) is 5.02 Å². The van der Waals surface area contributed by atoms with Gasteiger partial charge in [-0.05, 0) is 24.7 Å². The molecule has 0 aliphatic carbocycles. The van der Waals surface area contributed by atoms with Crippen molar-refractivity contribution in [1.29, 1.82) is 0 Å². The Labute approximate surface area is 130 Å². The lowest BCUT2D eigenvalue weighted by molar-refractivity contribution is -0.0191. The first-order valence-corrected chi connectivity index (χ1v) is 7.56. The van der Waals surface area contributed by atoms with Gasteiger partial charge < -0.3 is 15.8 Å². The van der Waals surface area contributed by atoms with Crippen LogP contribution in [0.3, 0.4) is 0 Å². The quantitative estimate of drug-likeness (QED) is 0.815. The maximum Gasteiger partial charge on any atom is 0.105 e. The number of hydrogen-bond acceptors (Lipinski definition) is 4. The first-order chi connectivity index (χ1) is 9.60. The van der Waals surface area contributed by atoms with Crippen LogP contribution >= 0.6 is 23.8 Å². The smallest absolute Gasteiger partial charge is 0.105 e. The van der Waals surface area contributed by atoms with Gasteiger partial charge in [0.05, 0.1) is 17.7 Å². The van der Waals surface area contributed by atoms with Crippen molar-refractivity contribution in [3.63, 3.8) is 0 Å². The zero-order valence-corrected chi connectivity index (χ0v) is 13.1. The summed E-state index contributed by atoms with van der Waals surface area (Å²) in [5, 5.41) is 3.92. The predicted octanol–water partition coefficient (Wildman–Crippen LogP) is 2.11. The summed E-state index contributed by atoms with van der Waals surface area (Å²) in [6.07, 6.45) is 0.206. The van der Waals surface area contributed by atoms with Crippen LogP contribution in [0, 0.1) is 0 Å². The van der Waals surface area contributed by atoms with Gasteiger partial charge >= 0.3 is 0 Å². The van der Waals surface area contributed by atoms with Gasteiger partial charge in [-0.3, -0.25) is 4.90 Å². The molecule has 4 nitrogen and oxygen atoms in total. The molecular formula is C14H20ClN3OS. The number of thiocarbonyl (C=S) groups is 1. The molecule has 1 aromatic rings. The normalized spacial score (nSPS) is 19.8. The third kappa shape index (κ3) is 4.06. The first-order valence-electron chi connectivity index (χ1n) is 6.77. The number of nitrogens with one attached hydrogen (secondary N) is 1. The number of anilines is 1. The van der Waals surface area contributed by atoms with Gasteiger partial charge in [-0.25, -0.2) is 0 Å². The van der Waals surface area contributed by atoms with Crippen molar-refractivity contribution in [3.05, 3.63) is 28.8 Å². The summed E-state index contributed by atoms with van der Waals surface area (Å²) >= 11 is 11.1. The molecule has 2 rings (SSSR count). The van der Waals surface area contributed by atoms with Gasteiger partial charge in [-0.15, -0.1) is 0 Å². The Morgan fingerprint density at radius 3 is 3.05 bits per heavy atom. The van der Waals surface area contributed by atoms with Crippen molar-refractivity contribution in [2.24, 2.45) is 5.73 Å². The van der Waals surface area contributed by atoms with Crippen LogP contribution in [0.1, 0.15) is 12.5 Å². The monoisotopic (exact) mass is 313 g/mol. The molecule has 0 saturated carbocycles. The van der Waals surface area contributed by atoms with Crippen molar-refractivity contribution in [2.75, 3.05) is 38.1 Å². The Kier molecular flexibility index (Phi) is 5.60. The highest BCUT2D eigenvalue weighted by Crippen LogP contribution is 2.21. The van der Waals surface area contributed by atoms with E-state index in [-0.39, 0.29) is 6.10 Å². The lowest BCUT2D eigenvalue weighted by atomic mass is 10.2. The van der Waals surface area contributed by atoms with E-state index < -0.39 is 0 Å². The average Bonchev–Trinajstić information content (AvgIpc) is 2.45. The third-order valence-corrected chi connectivity index (χ3v) is 3.97. The summed E-state index contributed by atoms with van der Waals surface area (Å²) in [5.41, 5.74) is 7.25. The van der Waals surface area contributed by atoms with Crippen LogP contribution in [0.4, 0.5) is 5.69 Å². The Balaban J connectivity index is 1.91. The highest BCUT2D eigenvalue weighted by Gasteiger charge is 2.18. The fraction of sp³-hybridized carbons (Fsp3) is 0.500. The van der Waals surface area contributed by atoms with Crippen molar-refractivity contribution >= 4 is 34.5 Å². The van der Waals surface area contributed by atoms with E-state index in [1.807, 2.05) is 18.2 Å². The van der Waals surface area contributed by atoms with Gasteiger partial charge in [-0.1, -0.05) is 30.7 Å². The molecular weight excluding hydrogens is 294 g/mol. The van der Waals surface area contributed by atoms with E-state index in [4.69, 9.17) is 34.3 Å². The fourth-order valence-electron chi connectivity index (χ4n) is 2.25. The van der Waals surface area contributed by atoms with Crippen molar-refractivity contribution in [1.82, 2.24) is 4.90 Å². The second kappa shape index (κ2) is 7.22. The summed E-state index contributed by atoms with van der Waals surface area (Å²) in [5.74, 6) is 0. The van der Waals surface area contributed by atoms with Gasteiger partial charge in [0.2, 0.25) is 0 Å². The number of rotatable bonds is 5. The molecule has 1 fully saturated rings. The Bertz CT molecular complexity index is 483. The fourth-order valence-corrected chi connectivity index (χ4v) is 2.76. The maximum absolute atomic E-state index is 6.14. The molecule has 6 heteroatoms. The molecule has 20 heavy (non-hydrogen) atoms. The molecule has 0 radical (unpaired) electrons. The van der Waals surface area contributed by atoms with E-state index in [1.54, 1.807) is 0 Å². The Morgan fingerprint density at radius 2 is 2.40 bits per heavy atom. The van der Waals surface area contributed by atoms with E-state index in [1.165, 1.54) is 0 Å². The number of nitrogens with zero attached hydrogens (tertiary/aromatic N) is 1. The van der Waals surface area contributed by atoms with Gasteiger partial charge in [0.15, 0.2) is 0 Å². The van der Waals surface area contributed by atoms with Crippen LogP contribution in [0.15, 0.2) is 18.2 Å². The minimum absolute atomic E-state index is 0.206. The largest absolute Gasteiger partial charge is 0.389 e. The Morgan fingerprint density at radius 1 is 1.60 bits per heavy atom. The summed E-state index contributed by atoms with van der Waals surface area (Å²) in [4.78, 5) is 2.70. The molecule has 1 aliphatic rings. The minimum atomic E-state index is 0.206. The molecule has 110 valence electrons. The molecule has 0 aromatic heterocycles. The molecule has 1 saturated heterocycles. The molecule has 3 N–H and O–H groups in total. The first kappa shape index (κ1) is 15.5. The van der Waals surface area contributed by atoms with E-state index >= 15 is 0 Å². The summed E-state index contributed by atoms with van der Waals surface area (Å²) in [7, 11) is 0.